The summed E-state index contributed by atoms with van der Waals surface area (Å²) >= 11 is 3.40. The molecule has 0 saturated heterocycles. The van der Waals surface area contributed by atoms with Crippen molar-refractivity contribution < 1.29 is 14.3 Å². The number of nitrogens with zero attached hydrogens (tertiary/aromatic N) is 3. The Labute approximate surface area is 188 Å². The van der Waals surface area contributed by atoms with Crippen LogP contribution >= 0.6 is 15.9 Å². The lowest BCUT2D eigenvalue weighted by Gasteiger charge is -2.10. The van der Waals surface area contributed by atoms with Gasteiger partial charge in [0.1, 0.15) is 11.6 Å². The van der Waals surface area contributed by atoms with Gasteiger partial charge in [0.2, 0.25) is 0 Å². The van der Waals surface area contributed by atoms with E-state index >= 15 is 0 Å². The molecular formula is C23H24BrN3O4. The van der Waals surface area contributed by atoms with Gasteiger partial charge in [-0.25, -0.2) is 9.78 Å². The zero-order chi connectivity index (χ0) is 22.4. The molecule has 1 heterocycles. The summed E-state index contributed by atoms with van der Waals surface area (Å²) in [5.41, 5.74) is 1.14. The van der Waals surface area contributed by atoms with Crippen LogP contribution < -0.4 is 10.3 Å². The zero-order valence-electron chi connectivity index (χ0n) is 17.7. The summed E-state index contributed by atoms with van der Waals surface area (Å²) in [6, 6.07) is 12.5. The average Bonchev–Trinajstić information content (AvgIpc) is 2.73. The standard InChI is InChI=1S/C23H24BrN3O4/c1-4-6-21-26-20-10-9-17(24)12-19(20)23(29)27(21)25-13-16-7-5-8-18(11-16)30-14-22(28)31-15(2)3/h5,7-13,15H,4,6,14H2,1-3H3. The molecule has 0 spiro atoms. The van der Waals surface area contributed by atoms with Crippen LogP contribution in [0.15, 0.2) is 56.8 Å². The van der Waals surface area contributed by atoms with E-state index in [0.29, 0.717) is 28.9 Å². The predicted molar refractivity (Wildman–Crippen MR) is 124 cm³/mol. The monoisotopic (exact) mass is 485 g/mol. The second-order valence-corrected chi connectivity index (χ2v) is 8.12. The van der Waals surface area contributed by atoms with Crippen LogP contribution in [0.4, 0.5) is 0 Å². The highest BCUT2D eigenvalue weighted by Crippen LogP contribution is 2.17. The van der Waals surface area contributed by atoms with Crippen LogP contribution in [0.25, 0.3) is 10.9 Å². The number of aryl methyl sites for hydroxylation is 1. The molecule has 0 aliphatic heterocycles. The van der Waals surface area contributed by atoms with Crippen LogP contribution in [0.2, 0.25) is 0 Å². The van der Waals surface area contributed by atoms with Gasteiger partial charge >= 0.3 is 5.97 Å². The van der Waals surface area contributed by atoms with Crippen molar-refractivity contribution in [3.63, 3.8) is 0 Å². The van der Waals surface area contributed by atoms with E-state index in [2.05, 4.69) is 26.0 Å². The van der Waals surface area contributed by atoms with Gasteiger partial charge in [0, 0.05) is 10.9 Å². The van der Waals surface area contributed by atoms with Gasteiger partial charge in [0.05, 0.1) is 23.2 Å². The fraction of sp³-hybridized carbons (Fsp3) is 0.304. The molecule has 0 radical (unpaired) electrons. The van der Waals surface area contributed by atoms with Gasteiger partial charge in [-0.3, -0.25) is 4.79 Å². The third-order valence-electron chi connectivity index (χ3n) is 4.25. The minimum absolute atomic E-state index is 0.178. The van der Waals surface area contributed by atoms with Gasteiger partial charge in [0.25, 0.3) is 5.56 Å². The first-order chi connectivity index (χ1) is 14.9. The molecule has 0 saturated carbocycles. The van der Waals surface area contributed by atoms with E-state index in [9.17, 15) is 9.59 Å². The van der Waals surface area contributed by atoms with Crippen molar-refractivity contribution in [2.24, 2.45) is 5.10 Å². The molecule has 0 aliphatic carbocycles. The smallest absolute Gasteiger partial charge is 0.344 e. The third-order valence-corrected chi connectivity index (χ3v) is 4.75. The van der Waals surface area contributed by atoms with E-state index < -0.39 is 5.97 Å². The van der Waals surface area contributed by atoms with E-state index in [1.807, 2.05) is 25.1 Å². The lowest BCUT2D eigenvalue weighted by atomic mass is 10.2. The van der Waals surface area contributed by atoms with E-state index in [1.165, 1.54) is 4.68 Å². The van der Waals surface area contributed by atoms with Gasteiger partial charge < -0.3 is 9.47 Å². The largest absolute Gasteiger partial charge is 0.482 e. The Bertz CT molecular complexity index is 1170. The second kappa shape index (κ2) is 10.3. The fourth-order valence-electron chi connectivity index (χ4n) is 2.95. The number of fused-ring (bicyclic) bond motifs is 1. The van der Waals surface area contributed by atoms with E-state index in [-0.39, 0.29) is 18.3 Å². The number of benzene rings is 2. The van der Waals surface area contributed by atoms with E-state index in [1.54, 1.807) is 44.3 Å². The van der Waals surface area contributed by atoms with E-state index in [4.69, 9.17) is 9.47 Å². The van der Waals surface area contributed by atoms with E-state index in [0.717, 1.165) is 16.5 Å². The van der Waals surface area contributed by atoms with Crippen molar-refractivity contribution in [1.82, 2.24) is 9.66 Å². The Morgan fingerprint density at radius 2 is 2.06 bits per heavy atom. The number of halogens is 1. The van der Waals surface area contributed by atoms with Crippen molar-refractivity contribution in [2.45, 2.75) is 39.7 Å². The Morgan fingerprint density at radius 3 is 2.81 bits per heavy atom. The summed E-state index contributed by atoms with van der Waals surface area (Å²) in [5.74, 6) is 0.673. The molecule has 2 aromatic carbocycles. The number of aromatic nitrogens is 2. The molecule has 7 nitrogen and oxygen atoms in total. The van der Waals surface area contributed by atoms with Crippen LogP contribution in [-0.2, 0) is 16.0 Å². The van der Waals surface area contributed by atoms with Crippen molar-refractivity contribution in [2.75, 3.05) is 6.61 Å². The normalized spacial score (nSPS) is 11.4. The number of hydrogen-bond acceptors (Lipinski definition) is 6. The minimum atomic E-state index is -0.432. The molecule has 0 N–H and O–H groups in total. The van der Waals surface area contributed by atoms with Crippen LogP contribution in [0.5, 0.6) is 5.75 Å². The maximum absolute atomic E-state index is 13.0. The molecule has 0 unspecified atom stereocenters. The summed E-state index contributed by atoms with van der Waals surface area (Å²) in [6.45, 7) is 5.41. The summed E-state index contributed by atoms with van der Waals surface area (Å²) < 4.78 is 12.7. The third kappa shape index (κ3) is 6.01. The van der Waals surface area contributed by atoms with Crippen LogP contribution in [0, 0.1) is 0 Å². The maximum Gasteiger partial charge on any atom is 0.344 e. The Morgan fingerprint density at radius 1 is 1.26 bits per heavy atom. The number of carbonyl (C=O) groups is 1. The van der Waals surface area contributed by atoms with Crippen LogP contribution in [0.3, 0.4) is 0 Å². The summed E-state index contributed by atoms with van der Waals surface area (Å²) in [4.78, 5) is 29.3. The topological polar surface area (TPSA) is 82.8 Å². The summed E-state index contributed by atoms with van der Waals surface area (Å²) in [7, 11) is 0. The molecule has 31 heavy (non-hydrogen) atoms. The second-order valence-electron chi connectivity index (χ2n) is 7.20. The highest BCUT2D eigenvalue weighted by molar-refractivity contribution is 9.10. The lowest BCUT2D eigenvalue weighted by molar-refractivity contribution is -0.149. The molecule has 0 atom stereocenters. The lowest BCUT2D eigenvalue weighted by Crippen LogP contribution is -2.22. The number of rotatable bonds is 8. The highest BCUT2D eigenvalue weighted by atomic mass is 79.9. The molecular weight excluding hydrogens is 462 g/mol. The SMILES string of the molecule is CCCc1nc2ccc(Br)cc2c(=O)n1N=Cc1cccc(OCC(=O)OC(C)C)c1. The number of esters is 1. The minimum Gasteiger partial charge on any atom is -0.482 e. The summed E-state index contributed by atoms with van der Waals surface area (Å²) in [5, 5.41) is 4.90. The quantitative estimate of drug-likeness (QED) is 0.350. The Balaban J connectivity index is 1.87. The molecule has 3 rings (SSSR count). The van der Waals surface area contributed by atoms with Gasteiger partial charge in [-0.05, 0) is 56.2 Å². The zero-order valence-corrected chi connectivity index (χ0v) is 19.3. The fourth-order valence-corrected chi connectivity index (χ4v) is 3.31. The molecule has 8 heteroatoms. The van der Waals surface area contributed by atoms with Crippen molar-refractivity contribution >= 4 is 39.0 Å². The first-order valence-corrected chi connectivity index (χ1v) is 10.8. The molecule has 3 aromatic rings. The van der Waals surface area contributed by atoms with Gasteiger partial charge in [-0.1, -0.05) is 35.0 Å². The van der Waals surface area contributed by atoms with Crippen molar-refractivity contribution in [1.29, 1.82) is 0 Å². The predicted octanol–water partition coefficient (Wildman–Crippen LogP) is 4.32. The first kappa shape index (κ1) is 22.7. The molecule has 0 bridgehead atoms. The van der Waals surface area contributed by atoms with Crippen LogP contribution in [-0.4, -0.2) is 34.6 Å². The molecule has 162 valence electrons. The molecule has 0 aliphatic rings. The maximum atomic E-state index is 13.0. The highest BCUT2D eigenvalue weighted by Gasteiger charge is 2.11. The molecule has 0 amide bonds. The van der Waals surface area contributed by atoms with Gasteiger partial charge in [0.15, 0.2) is 6.61 Å². The first-order valence-electron chi connectivity index (χ1n) is 10.0. The molecule has 0 fully saturated rings. The van der Waals surface area contributed by atoms with Crippen molar-refractivity contribution in [3.8, 4) is 5.75 Å². The summed E-state index contributed by atoms with van der Waals surface area (Å²) in [6.07, 6.45) is 2.84. The average molecular weight is 486 g/mol. The number of ether oxygens (including phenoxy) is 2. The Hall–Kier alpha value is -3.00. The van der Waals surface area contributed by atoms with Crippen molar-refractivity contribution in [3.05, 3.63) is 68.7 Å². The number of carbonyl (C=O) groups excluding carboxylic acids is 1. The van der Waals surface area contributed by atoms with Gasteiger partial charge in [-0.2, -0.15) is 9.78 Å². The van der Waals surface area contributed by atoms with Crippen LogP contribution in [0.1, 0.15) is 38.6 Å². The molecule has 1 aromatic heterocycles. The Kier molecular flexibility index (Phi) is 7.57. The number of hydrogen-bond donors (Lipinski definition) is 0. The van der Waals surface area contributed by atoms with Gasteiger partial charge in [-0.15, -0.1) is 0 Å².